The number of carboxylic acids is 1. The fraction of sp³-hybridized carbons (Fsp3) is 0.250. The Morgan fingerprint density at radius 2 is 2.21 bits per heavy atom. The normalized spacial score (nSPS) is 12.9. The molecule has 19 heavy (non-hydrogen) atoms. The summed E-state index contributed by atoms with van der Waals surface area (Å²) in [6.07, 6.45) is -0.154. The van der Waals surface area contributed by atoms with E-state index < -0.39 is 11.9 Å². The van der Waals surface area contributed by atoms with Crippen LogP contribution in [0.1, 0.15) is 16.8 Å². The Balaban J connectivity index is 2.12. The number of carbonyl (C=O) groups is 3. The molecule has 2 amide bonds. The first-order valence-corrected chi connectivity index (χ1v) is 5.63. The first kappa shape index (κ1) is 12.9. The number of amides is 2. The molecule has 2 rings (SSSR count). The third-order valence-corrected chi connectivity index (χ3v) is 2.51. The van der Waals surface area contributed by atoms with E-state index in [-0.39, 0.29) is 31.0 Å². The number of anilines is 1. The maximum atomic E-state index is 11.9. The van der Waals surface area contributed by atoms with Crippen molar-refractivity contribution in [2.75, 3.05) is 18.5 Å². The Labute approximate surface area is 108 Å². The van der Waals surface area contributed by atoms with E-state index in [1.807, 2.05) is 0 Å². The standard InChI is InChI=1S/C12H12N2O5/c15-9-6-19-11-7(2-1-3-8(11)14-9)12(18)13-5-4-10(16)17/h1-3H,4-6H2,(H,13,18)(H,14,15)(H,16,17). The monoisotopic (exact) mass is 264 g/mol. The van der Waals surface area contributed by atoms with Crippen molar-refractivity contribution >= 4 is 23.5 Å². The molecular weight excluding hydrogens is 252 g/mol. The summed E-state index contributed by atoms with van der Waals surface area (Å²) in [6.45, 7) is -0.114. The van der Waals surface area contributed by atoms with E-state index in [1.54, 1.807) is 18.2 Å². The second kappa shape index (κ2) is 5.38. The number of para-hydroxylation sites is 1. The Bertz CT molecular complexity index is 541. The molecule has 1 aromatic rings. The lowest BCUT2D eigenvalue weighted by molar-refractivity contribution is -0.136. The van der Waals surface area contributed by atoms with E-state index in [2.05, 4.69) is 10.6 Å². The quantitative estimate of drug-likeness (QED) is 0.721. The van der Waals surface area contributed by atoms with Gasteiger partial charge in [-0.15, -0.1) is 0 Å². The molecule has 0 unspecified atom stereocenters. The van der Waals surface area contributed by atoms with Crippen LogP contribution in [0.15, 0.2) is 18.2 Å². The number of ether oxygens (including phenoxy) is 1. The molecule has 0 radical (unpaired) electrons. The topological polar surface area (TPSA) is 105 Å². The molecule has 0 aromatic heterocycles. The lowest BCUT2D eigenvalue weighted by Gasteiger charge is -2.20. The highest BCUT2D eigenvalue weighted by atomic mass is 16.5. The third-order valence-electron chi connectivity index (χ3n) is 2.51. The van der Waals surface area contributed by atoms with Crippen LogP contribution in [0.25, 0.3) is 0 Å². The average Bonchev–Trinajstić information content (AvgIpc) is 2.37. The molecule has 0 spiro atoms. The molecule has 0 saturated heterocycles. The fourth-order valence-corrected chi connectivity index (χ4v) is 1.67. The minimum atomic E-state index is -0.987. The highest BCUT2D eigenvalue weighted by molar-refractivity contribution is 6.03. The maximum Gasteiger partial charge on any atom is 0.305 e. The van der Waals surface area contributed by atoms with Crippen LogP contribution in [-0.2, 0) is 9.59 Å². The largest absolute Gasteiger partial charge is 0.481 e. The SMILES string of the molecule is O=C(O)CCNC(=O)c1cccc2c1OCC(=O)N2. The molecule has 7 heteroatoms. The molecule has 0 aliphatic carbocycles. The zero-order valence-electron chi connectivity index (χ0n) is 9.93. The molecule has 0 bridgehead atoms. The van der Waals surface area contributed by atoms with E-state index in [4.69, 9.17) is 9.84 Å². The van der Waals surface area contributed by atoms with Crippen LogP contribution in [0.5, 0.6) is 5.75 Å². The summed E-state index contributed by atoms with van der Waals surface area (Å²) in [6, 6.07) is 4.78. The molecule has 1 aromatic carbocycles. The van der Waals surface area contributed by atoms with Crippen LogP contribution < -0.4 is 15.4 Å². The fourth-order valence-electron chi connectivity index (χ4n) is 1.67. The number of hydrogen-bond acceptors (Lipinski definition) is 4. The van der Waals surface area contributed by atoms with Crippen LogP contribution in [0.4, 0.5) is 5.69 Å². The number of aliphatic carboxylic acids is 1. The average molecular weight is 264 g/mol. The first-order chi connectivity index (χ1) is 9.08. The molecule has 0 fully saturated rings. The van der Waals surface area contributed by atoms with Crippen molar-refractivity contribution < 1.29 is 24.2 Å². The van der Waals surface area contributed by atoms with Gasteiger partial charge < -0.3 is 20.5 Å². The number of fused-ring (bicyclic) bond motifs is 1. The van der Waals surface area contributed by atoms with Gasteiger partial charge in [0, 0.05) is 6.54 Å². The predicted molar refractivity (Wildman–Crippen MR) is 65.2 cm³/mol. The van der Waals surface area contributed by atoms with Gasteiger partial charge in [0.2, 0.25) is 0 Å². The number of hydrogen-bond donors (Lipinski definition) is 3. The summed E-state index contributed by atoms with van der Waals surface area (Å²) in [5.41, 5.74) is 0.699. The Morgan fingerprint density at radius 3 is 2.95 bits per heavy atom. The predicted octanol–water partition coefficient (Wildman–Crippen LogP) is 0.222. The number of carbonyl (C=O) groups excluding carboxylic acids is 2. The molecule has 1 heterocycles. The molecule has 100 valence electrons. The van der Waals surface area contributed by atoms with Crippen molar-refractivity contribution in [2.24, 2.45) is 0 Å². The van der Waals surface area contributed by atoms with E-state index in [1.165, 1.54) is 0 Å². The minimum Gasteiger partial charge on any atom is -0.481 e. The van der Waals surface area contributed by atoms with Crippen molar-refractivity contribution in [3.8, 4) is 5.75 Å². The van der Waals surface area contributed by atoms with Crippen molar-refractivity contribution in [3.05, 3.63) is 23.8 Å². The second-order valence-corrected chi connectivity index (χ2v) is 3.92. The van der Waals surface area contributed by atoms with Crippen molar-refractivity contribution in [1.82, 2.24) is 5.32 Å². The third kappa shape index (κ3) is 3.01. The summed E-state index contributed by atoms with van der Waals surface area (Å²) in [5, 5.41) is 13.6. The smallest absolute Gasteiger partial charge is 0.305 e. The van der Waals surface area contributed by atoms with E-state index in [0.717, 1.165) is 0 Å². The van der Waals surface area contributed by atoms with Gasteiger partial charge in [-0.25, -0.2) is 0 Å². The summed E-state index contributed by atoms with van der Waals surface area (Å²) in [5.74, 6) is -1.40. The van der Waals surface area contributed by atoms with Gasteiger partial charge in [0.15, 0.2) is 12.4 Å². The van der Waals surface area contributed by atoms with Crippen molar-refractivity contribution in [1.29, 1.82) is 0 Å². The molecular formula is C12H12N2O5. The van der Waals surface area contributed by atoms with Gasteiger partial charge in [0.25, 0.3) is 11.8 Å². The van der Waals surface area contributed by atoms with Gasteiger partial charge in [0.05, 0.1) is 17.7 Å². The van der Waals surface area contributed by atoms with Crippen LogP contribution in [-0.4, -0.2) is 36.0 Å². The van der Waals surface area contributed by atoms with Gasteiger partial charge in [0.1, 0.15) is 0 Å². The van der Waals surface area contributed by atoms with Crippen molar-refractivity contribution in [2.45, 2.75) is 6.42 Å². The lowest BCUT2D eigenvalue weighted by Crippen LogP contribution is -2.30. The van der Waals surface area contributed by atoms with Gasteiger partial charge in [-0.05, 0) is 12.1 Å². The zero-order valence-corrected chi connectivity index (χ0v) is 9.93. The molecule has 7 nitrogen and oxygen atoms in total. The number of benzene rings is 1. The summed E-state index contributed by atoms with van der Waals surface area (Å²) in [4.78, 5) is 33.4. The highest BCUT2D eigenvalue weighted by Gasteiger charge is 2.22. The van der Waals surface area contributed by atoms with E-state index >= 15 is 0 Å². The second-order valence-electron chi connectivity index (χ2n) is 3.92. The Morgan fingerprint density at radius 1 is 1.42 bits per heavy atom. The van der Waals surface area contributed by atoms with Gasteiger partial charge in [-0.3, -0.25) is 14.4 Å². The lowest BCUT2D eigenvalue weighted by atomic mass is 10.1. The summed E-state index contributed by atoms with van der Waals surface area (Å²) >= 11 is 0. The Kier molecular flexibility index (Phi) is 3.65. The molecule has 0 atom stereocenters. The number of nitrogens with one attached hydrogen (secondary N) is 2. The van der Waals surface area contributed by atoms with Crippen molar-refractivity contribution in [3.63, 3.8) is 0 Å². The molecule has 1 aliphatic heterocycles. The van der Waals surface area contributed by atoms with Crippen LogP contribution in [0.3, 0.4) is 0 Å². The van der Waals surface area contributed by atoms with E-state index in [9.17, 15) is 14.4 Å². The first-order valence-electron chi connectivity index (χ1n) is 5.63. The van der Waals surface area contributed by atoms with Crippen LogP contribution in [0, 0.1) is 0 Å². The van der Waals surface area contributed by atoms with E-state index in [0.29, 0.717) is 11.4 Å². The summed E-state index contributed by atoms with van der Waals surface area (Å²) in [7, 11) is 0. The van der Waals surface area contributed by atoms with Crippen LogP contribution >= 0.6 is 0 Å². The highest BCUT2D eigenvalue weighted by Crippen LogP contribution is 2.31. The summed E-state index contributed by atoms with van der Waals surface area (Å²) < 4.78 is 5.23. The molecule has 1 aliphatic rings. The Hall–Kier alpha value is -2.57. The molecule has 3 N–H and O–H groups in total. The van der Waals surface area contributed by atoms with Gasteiger partial charge in [-0.1, -0.05) is 6.07 Å². The number of carboxylic acid groups (broad SMARTS) is 1. The maximum absolute atomic E-state index is 11.9. The molecule has 0 saturated carbocycles. The van der Waals surface area contributed by atoms with Crippen LogP contribution in [0.2, 0.25) is 0 Å². The van der Waals surface area contributed by atoms with Gasteiger partial charge in [-0.2, -0.15) is 0 Å². The number of rotatable bonds is 4. The zero-order chi connectivity index (χ0) is 13.8. The minimum absolute atomic E-state index is 0.0319. The van der Waals surface area contributed by atoms with Gasteiger partial charge >= 0.3 is 5.97 Å².